The van der Waals surface area contributed by atoms with E-state index in [9.17, 15) is 4.39 Å². The zero-order valence-electron chi connectivity index (χ0n) is 9.26. The number of halogens is 1. The molecule has 0 spiro atoms. The van der Waals surface area contributed by atoms with E-state index in [0.29, 0.717) is 12.6 Å². The van der Waals surface area contributed by atoms with Crippen LogP contribution in [0.15, 0.2) is 18.3 Å². The average Bonchev–Trinajstić information content (AvgIpc) is 2.20. The molecule has 84 valence electrons. The molecule has 0 bridgehead atoms. The van der Waals surface area contributed by atoms with Crippen LogP contribution < -0.4 is 10.6 Å². The van der Waals surface area contributed by atoms with E-state index in [1.54, 1.807) is 6.07 Å². The first-order valence-corrected chi connectivity index (χ1v) is 5.23. The Labute approximate surface area is 90.1 Å². The number of rotatable bonds is 6. The molecular weight excluding hydrogens is 193 g/mol. The highest BCUT2D eigenvalue weighted by atomic mass is 19.1. The quantitative estimate of drug-likeness (QED) is 0.697. The van der Waals surface area contributed by atoms with E-state index in [-0.39, 0.29) is 5.82 Å². The molecule has 1 heterocycles. The van der Waals surface area contributed by atoms with E-state index in [4.69, 9.17) is 0 Å². The van der Waals surface area contributed by atoms with Crippen molar-refractivity contribution >= 4 is 0 Å². The van der Waals surface area contributed by atoms with Crippen molar-refractivity contribution in [1.82, 2.24) is 15.6 Å². The number of aromatic nitrogens is 1. The average molecular weight is 211 g/mol. The molecule has 0 aliphatic carbocycles. The summed E-state index contributed by atoms with van der Waals surface area (Å²) < 4.78 is 12.5. The summed E-state index contributed by atoms with van der Waals surface area (Å²) in [6.07, 6.45) is 1.24. The van der Waals surface area contributed by atoms with Crippen LogP contribution >= 0.6 is 0 Å². The van der Waals surface area contributed by atoms with Crippen molar-refractivity contribution < 1.29 is 4.39 Å². The molecule has 4 heteroatoms. The molecule has 3 nitrogen and oxygen atoms in total. The Bertz CT molecular complexity index is 272. The standard InChI is InChI=1S/C11H18FN3/c1-9(2)14-6-5-13-8-11-4-3-10(12)7-15-11/h3-4,7,9,13-14H,5-6,8H2,1-2H3. The summed E-state index contributed by atoms with van der Waals surface area (Å²) in [5.74, 6) is -0.291. The largest absolute Gasteiger partial charge is 0.313 e. The molecule has 0 aliphatic heterocycles. The Morgan fingerprint density at radius 3 is 2.73 bits per heavy atom. The summed E-state index contributed by atoms with van der Waals surface area (Å²) in [5, 5.41) is 6.53. The van der Waals surface area contributed by atoms with Gasteiger partial charge >= 0.3 is 0 Å². The van der Waals surface area contributed by atoms with Gasteiger partial charge in [0, 0.05) is 25.7 Å². The Morgan fingerprint density at radius 1 is 1.33 bits per heavy atom. The van der Waals surface area contributed by atoms with Crippen LogP contribution in [-0.2, 0) is 6.54 Å². The van der Waals surface area contributed by atoms with Crippen LogP contribution in [0.25, 0.3) is 0 Å². The van der Waals surface area contributed by atoms with Crippen molar-refractivity contribution in [3.05, 3.63) is 29.8 Å². The highest BCUT2D eigenvalue weighted by Crippen LogP contribution is 1.96. The smallest absolute Gasteiger partial charge is 0.141 e. The van der Waals surface area contributed by atoms with E-state index in [1.165, 1.54) is 12.3 Å². The van der Waals surface area contributed by atoms with Gasteiger partial charge < -0.3 is 10.6 Å². The summed E-state index contributed by atoms with van der Waals surface area (Å²) in [7, 11) is 0. The predicted octanol–water partition coefficient (Wildman–Crippen LogP) is 1.31. The Kier molecular flexibility index (Phi) is 5.21. The van der Waals surface area contributed by atoms with Crippen LogP contribution in [0, 0.1) is 5.82 Å². The van der Waals surface area contributed by atoms with Gasteiger partial charge in [0.05, 0.1) is 11.9 Å². The molecule has 0 radical (unpaired) electrons. The van der Waals surface area contributed by atoms with Crippen molar-refractivity contribution in [2.24, 2.45) is 0 Å². The van der Waals surface area contributed by atoms with Gasteiger partial charge in [0.1, 0.15) is 5.82 Å². The van der Waals surface area contributed by atoms with E-state index in [0.717, 1.165) is 18.8 Å². The minimum absolute atomic E-state index is 0.291. The van der Waals surface area contributed by atoms with Crippen LogP contribution in [-0.4, -0.2) is 24.1 Å². The van der Waals surface area contributed by atoms with Gasteiger partial charge in [-0.25, -0.2) is 4.39 Å². The van der Waals surface area contributed by atoms with E-state index < -0.39 is 0 Å². The Balaban J connectivity index is 2.12. The summed E-state index contributed by atoms with van der Waals surface area (Å²) >= 11 is 0. The lowest BCUT2D eigenvalue weighted by molar-refractivity contribution is 0.552. The van der Waals surface area contributed by atoms with Crippen molar-refractivity contribution in [2.45, 2.75) is 26.4 Å². The fraction of sp³-hybridized carbons (Fsp3) is 0.545. The summed E-state index contributed by atoms with van der Waals surface area (Å²) in [6, 6.07) is 3.63. The third-order valence-corrected chi connectivity index (χ3v) is 1.95. The summed E-state index contributed by atoms with van der Waals surface area (Å²) in [4.78, 5) is 3.95. The second-order valence-corrected chi connectivity index (χ2v) is 3.75. The first-order chi connectivity index (χ1) is 7.18. The molecule has 2 N–H and O–H groups in total. The normalized spacial score (nSPS) is 10.9. The van der Waals surface area contributed by atoms with Crippen molar-refractivity contribution in [1.29, 1.82) is 0 Å². The van der Waals surface area contributed by atoms with Crippen LogP contribution in [0.3, 0.4) is 0 Å². The van der Waals surface area contributed by atoms with E-state index >= 15 is 0 Å². The molecule has 0 aromatic carbocycles. The molecule has 1 aromatic rings. The lowest BCUT2D eigenvalue weighted by Gasteiger charge is -2.08. The lowest BCUT2D eigenvalue weighted by atomic mass is 10.3. The summed E-state index contributed by atoms with van der Waals surface area (Å²) in [5.41, 5.74) is 0.862. The molecule has 0 saturated carbocycles. The van der Waals surface area contributed by atoms with Crippen LogP contribution in [0.2, 0.25) is 0 Å². The second-order valence-electron chi connectivity index (χ2n) is 3.75. The first-order valence-electron chi connectivity index (χ1n) is 5.23. The molecule has 1 aromatic heterocycles. The fourth-order valence-electron chi connectivity index (χ4n) is 1.18. The third kappa shape index (κ3) is 5.44. The highest BCUT2D eigenvalue weighted by Gasteiger charge is 1.95. The van der Waals surface area contributed by atoms with Crippen LogP contribution in [0.5, 0.6) is 0 Å². The molecule has 0 saturated heterocycles. The Hall–Kier alpha value is -1.00. The van der Waals surface area contributed by atoms with E-state index in [2.05, 4.69) is 29.5 Å². The zero-order chi connectivity index (χ0) is 11.1. The maximum Gasteiger partial charge on any atom is 0.141 e. The van der Waals surface area contributed by atoms with Crippen LogP contribution in [0.4, 0.5) is 4.39 Å². The van der Waals surface area contributed by atoms with Gasteiger partial charge in [-0.3, -0.25) is 4.98 Å². The van der Waals surface area contributed by atoms with Crippen molar-refractivity contribution in [3.63, 3.8) is 0 Å². The molecule has 15 heavy (non-hydrogen) atoms. The van der Waals surface area contributed by atoms with Crippen LogP contribution in [0.1, 0.15) is 19.5 Å². The van der Waals surface area contributed by atoms with Gasteiger partial charge in [-0.2, -0.15) is 0 Å². The van der Waals surface area contributed by atoms with E-state index in [1.807, 2.05) is 0 Å². The monoisotopic (exact) mass is 211 g/mol. The summed E-state index contributed by atoms with van der Waals surface area (Å²) in [6.45, 7) is 6.72. The highest BCUT2D eigenvalue weighted by molar-refractivity contribution is 5.04. The predicted molar refractivity (Wildman–Crippen MR) is 59.0 cm³/mol. The zero-order valence-corrected chi connectivity index (χ0v) is 9.26. The number of nitrogens with zero attached hydrogens (tertiary/aromatic N) is 1. The van der Waals surface area contributed by atoms with Crippen molar-refractivity contribution in [2.75, 3.05) is 13.1 Å². The number of hydrogen-bond acceptors (Lipinski definition) is 3. The minimum atomic E-state index is -0.291. The molecule has 0 aliphatic rings. The Morgan fingerprint density at radius 2 is 2.13 bits per heavy atom. The van der Waals surface area contributed by atoms with Gasteiger partial charge in [0.2, 0.25) is 0 Å². The van der Waals surface area contributed by atoms with Gasteiger partial charge in [-0.1, -0.05) is 13.8 Å². The molecular formula is C11H18FN3. The second kappa shape index (κ2) is 6.48. The maximum absolute atomic E-state index is 12.5. The SMILES string of the molecule is CC(C)NCCNCc1ccc(F)cn1. The molecule has 1 rings (SSSR count). The molecule has 0 fully saturated rings. The molecule has 0 unspecified atom stereocenters. The number of hydrogen-bond donors (Lipinski definition) is 2. The van der Waals surface area contributed by atoms with Gasteiger partial charge in [0.25, 0.3) is 0 Å². The van der Waals surface area contributed by atoms with Gasteiger partial charge in [0.15, 0.2) is 0 Å². The topological polar surface area (TPSA) is 37.0 Å². The molecule has 0 amide bonds. The third-order valence-electron chi connectivity index (χ3n) is 1.95. The molecule has 0 atom stereocenters. The van der Waals surface area contributed by atoms with Gasteiger partial charge in [-0.05, 0) is 12.1 Å². The van der Waals surface area contributed by atoms with Crippen molar-refractivity contribution in [3.8, 4) is 0 Å². The minimum Gasteiger partial charge on any atom is -0.313 e. The fourth-order valence-corrected chi connectivity index (χ4v) is 1.18. The lowest BCUT2D eigenvalue weighted by Crippen LogP contribution is -2.31. The van der Waals surface area contributed by atoms with Gasteiger partial charge in [-0.15, -0.1) is 0 Å². The number of nitrogens with one attached hydrogen (secondary N) is 2. The first kappa shape index (κ1) is 12.1. The number of pyridine rings is 1. The maximum atomic E-state index is 12.5.